The molecule has 2 aromatic carbocycles. The maximum atomic E-state index is 13.6. The van der Waals surface area contributed by atoms with E-state index in [1.165, 1.54) is 10.6 Å². The Morgan fingerprint density at radius 2 is 1.97 bits per heavy atom. The highest BCUT2D eigenvalue weighted by molar-refractivity contribution is 5.96. The first kappa shape index (κ1) is 24.1. The lowest BCUT2D eigenvalue weighted by Crippen LogP contribution is -2.43. The lowest BCUT2D eigenvalue weighted by atomic mass is 10.1. The predicted octanol–water partition coefficient (Wildman–Crippen LogP) is 2.26. The molecule has 0 saturated heterocycles. The van der Waals surface area contributed by atoms with E-state index in [1.54, 1.807) is 13.8 Å². The summed E-state index contributed by atoms with van der Waals surface area (Å²) in [6.07, 6.45) is 0. The van der Waals surface area contributed by atoms with Gasteiger partial charge in [0.25, 0.3) is 11.5 Å². The molecule has 0 unspecified atom stereocenters. The van der Waals surface area contributed by atoms with Crippen molar-refractivity contribution in [1.29, 1.82) is 0 Å². The standard InChI is InChI=1S/C25H25FN4O5/c1-25(2)24-29-19(22(32)28-13-16-8-9-17(26)12-18(16)21(27)31)20(23(33)30(24)10-11-35-25)34-14-15-6-4-3-5-7-15/h3-9,12H,10-11,13-14H2,1-2H3,(H2,27,31)(H,28,32). The summed E-state index contributed by atoms with van der Waals surface area (Å²) in [5.41, 5.74) is 4.80. The second-order valence-electron chi connectivity index (χ2n) is 8.55. The van der Waals surface area contributed by atoms with Crippen LogP contribution < -0.4 is 21.3 Å². The number of carbonyl (C=O) groups is 2. The summed E-state index contributed by atoms with van der Waals surface area (Å²) in [5.74, 6) is -2.05. The van der Waals surface area contributed by atoms with Gasteiger partial charge in [0.15, 0.2) is 5.69 Å². The minimum Gasteiger partial charge on any atom is -0.481 e. The van der Waals surface area contributed by atoms with Crippen molar-refractivity contribution in [2.75, 3.05) is 6.61 Å². The smallest absolute Gasteiger partial charge is 0.296 e. The number of carbonyl (C=O) groups excluding carboxylic acids is 2. The van der Waals surface area contributed by atoms with E-state index in [4.69, 9.17) is 15.2 Å². The number of rotatable bonds is 7. The number of ether oxygens (including phenoxy) is 2. The van der Waals surface area contributed by atoms with Crippen molar-refractivity contribution in [2.24, 2.45) is 5.73 Å². The van der Waals surface area contributed by atoms with E-state index in [2.05, 4.69) is 10.3 Å². The Labute approximate surface area is 200 Å². The van der Waals surface area contributed by atoms with Crippen LogP contribution in [0, 0.1) is 5.82 Å². The van der Waals surface area contributed by atoms with Crippen molar-refractivity contribution in [1.82, 2.24) is 14.9 Å². The van der Waals surface area contributed by atoms with Crippen molar-refractivity contribution < 1.29 is 23.5 Å². The van der Waals surface area contributed by atoms with Crippen LogP contribution in [0.2, 0.25) is 0 Å². The number of hydrogen-bond donors (Lipinski definition) is 2. The molecule has 3 N–H and O–H groups in total. The second-order valence-corrected chi connectivity index (χ2v) is 8.55. The molecule has 4 rings (SSSR count). The molecule has 2 heterocycles. The molecule has 9 nitrogen and oxygen atoms in total. The maximum Gasteiger partial charge on any atom is 0.296 e. The Kier molecular flexibility index (Phi) is 6.65. The molecular formula is C25H25FN4O5. The van der Waals surface area contributed by atoms with Gasteiger partial charge in [0.1, 0.15) is 23.8 Å². The third-order valence-corrected chi connectivity index (χ3v) is 5.66. The molecule has 0 bridgehead atoms. The Bertz CT molecular complexity index is 1340. The van der Waals surface area contributed by atoms with E-state index in [9.17, 15) is 18.8 Å². The third-order valence-electron chi connectivity index (χ3n) is 5.66. The Hall–Kier alpha value is -4.05. The van der Waals surface area contributed by atoms with Gasteiger partial charge in [0.05, 0.1) is 13.2 Å². The highest BCUT2D eigenvalue weighted by Crippen LogP contribution is 2.28. The molecule has 0 saturated carbocycles. The number of fused-ring (bicyclic) bond motifs is 1. The fourth-order valence-corrected chi connectivity index (χ4v) is 3.87. The number of halogens is 1. The van der Waals surface area contributed by atoms with Gasteiger partial charge in [-0.25, -0.2) is 9.37 Å². The monoisotopic (exact) mass is 480 g/mol. The van der Waals surface area contributed by atoms with Gasteiger partial charge in [0, 0.05) is 12.1 Å². The minimum atomic E-state index is -0.902. The van der Waals surface area contributed by atoms with Gasteiger partial charge >= 0.3 is 0 Å². The van der Waals surface area contributed by atoms with Crippen LogP contribution in [0.25, 0.3) is 0 Å². The van der Waals surface area contributed by atoms with Crippen LogP contribution in [0.15, 0.2) is 53.3 Å². The SMILES string of the molecule is CC1(C)OCCn2c1nc(C(=O)NCc1ccc(F)cc1C(N)=O)c(OCc1ccccc1)c2=O. The Morgan fingerprint density at radius 1 is 1.23 bits per heavy atom. The van der Waals surface area contributed by atoms with Crippen LogP contribution in [-0.2, 0) is 30.0 Å². The molecule has 0 radical (unpaired) electrons. The number of benzene rings is 2. The number of nitrogens with two attached hydrogens (primary N) is 1. The fraction of sp³-hybridized carbons (Fsp3) is 0.280. The number of nitrogens with zero attached hydrogens (tertiary/aromatic N) is 2. The number of hydrogen-bond acceptors (Lipinski definition) is 6. The van der Waals surface area contributed by atoms with E-state index in [0.717, 1.165) is 17.7 Å². The van der Waals surface area contributed by atoms with Crippen molar-refractivity contribution in [3.63, 3.8) is 0 Å². The molecule has 1 aliphatic rings. The van der Waals surface area contributed by atoms with E-state index >= 15 is 0 Å². The summed E-state index contributed by atoms with van der Waals surface area (Å²) in [4.78, 5) is 42.7. The normalized spacial score (nSPS) is 14.1. The van der Waals surface area contributed by atoms with Crippen LogP contribution in [0.5, 0.6) is 5.75 Å². The Morgan fingerprint density at radius 3 is 2.69 bits per heavy atom. The summed E-state index contributed by atoms with van der Waals surface area (Å²) in [5, 5.41) is 2.63. The summed E-state index contributed by atoms with van der Waals surface area (Å²) in [6, 6.07) is 12.7. The van der Waals surface area contributed by atoms with Gasteiger partial charge in [-0.2, -0.15) is 0 Å². The minimum absolute atomic E-state index is 0.0566. The quantitative estimate of drug-likeness (QED) is 0.534. The van der Waals surface area contributed by atoms with Crippen LogP contribution in [0.4, 0.5) is 4.39 Å². The summed E-state index contributed by atoms with van der Waals surface area (Å²) < 4.78 is 26.6. The molecule has 0 aliphatic carbocycles. The van der Waals surface area contributed by atoms with E-state index in [-0.39, 0.29) is 36.7 Å². The molecule has 182 valence electrons. The van der Waals surface area contributed by atoms with Crippen LogP contribution in [0.3, 0.4) is 0 Å². The average molecular weight is 480 g/mol. The molecule has 0 spiro atoms. The first-order chi connectivity index (χ1) is 16.7. The maximum absolute atomic E-state index is 13.6. The highest BCUT2D eigenvalue weighted by Gasteiger charge is 2.35. The Balaban J connectivity index is 1.69. The lowest BCUT2D eigenvalue weighted by molar-refractivity contribution is -0.0567. The average Bonchev–Trinajstić information content (AvgIpc) is 2.83. The zero-order valence-electron chi connectivity index (χ0n) is 19.3. The second kappa shape index (κ2) is 9.67. The van der Waals surface area contributed by atoms with Gasteiger partial charge in [-0.3, -0.25) is 19.0 Å². The number of amides is 2. The van der Waals surface area contributed by atoms with Gasteiger partial charge in [-0.05, 0) is 37.1 Å². The van der Waals surface area contributed by atoms with Crippen LogP contribution >= 0.6 is 0 Å². The van der Waals surface area contributed by atoms with Gasteiger partial charge < -0.3 is 20.5 Å². The van der Waals surface area contributed by atoms with Crippen molar-refractivity contribution >= 4 is 11.8 Å². The molecule has 0 atom stereocenters. The molecule has 1 aliphatic heterocycles. The van der Waals surface area contributed by atoms with E-state index < -0.39 is 28.8 Å². The number of nitrogens with one attached hydrogen (secondary N) is 1. The topological polar surface area (TPSA) is 126 Å². The van der Waals surface area contributed by atoms with Crippen LogP contribution in [-0.4, -0.2) is 28.0 Å². The molecule has 1 aromatic heterocycles. The first-order valence-corrected chi connectivity index (χ1v) is 11.0. The fourth-order valence-electron chi connectivity index (χ4n) is 3.87. The summed E-state index contributed by atoms with van der Waals surface area (Å²) >= 11 is 0. The van der Waals surface area contributed by atoms with Crippen LogP contribution in [0.1, 0.15) is 51.6 Å². The predicted molar refractivity (Wildman–Crippen MR) is 124 cm³/mol. The van der Waals surface area contributed by atoms with Gasteiger partial charge in [-0.1, -0.05) is 36.4 Å². The van der Waals surface area contributed by atoms with Crippen molar-refractivity contribution in [3.8, 4) is 5.75 Å². The lowest BCUT2D eigenvalue weighted by Gasteiger charge is -2.32. The zero-order valence-corrected chi connectivity index (χ0v) is 19.3. The van der Waals surface area contributed by atoms with E-state index in [1.807, 2.05) is 30.3 Å². The van der Waals surface area contributed by atoms with Crippen molar-refractivity contribution in [3.05, 3.63) is 92.9 Å². The van der Waals surface area contributed by atoms with E-state index in [0.29, 0.717) is 18.0 Å². The van der Waals surface area contributed by atoms with Gasteiger partial charge in [-0.15, -0.1) is 0 Å². The molecule has 2 amide bonds. The summed E-state index contributed by atoms with van der Waals surface area (Å²) in [6.45, 7) is 4.01. The largest absolute Gasteiger partial charge is 0.481 e. The molecule has 3 aromatic rings. The zero-order chi connectivity index (χ0) is 25.2. The molecule has 35 heavy (non-hydrogen) atoms. The highest BCUT2D eigenvalue weighted by atomic mass is 19.1. The summed E-state index contributed by atoms with van der Waals surface area (Å²) in [7, 11) is 0. The molecule has 10 heteroatoms. The molecule has 0 fully saturated rings. The first-order valence-electron chi connectivity index (χ1n) is 11.0. The third kappa shape index (κ3) is 5.07. The number of primary amides is 1. The van der Waals surface area contributed by atoms with Crippen molar-refractivity contribution in [2.45, 2.75) is 39.1 Å². The van der Waals surface area contributed by atoms with Gasteiger partial charge in [0.2, 0.25) is 11.7 Å². The molecular weight excluding hydrogens is 455 g/mol. The number of aromatic nitrogens is 2.